The zero-order chi connectivity index (χ0) is 13.0. The van der Waals surface area contributed by atoms with E-state index in [1.165, 1.54) is 0 Å². The molecule has 0 fully saturated rings. The van der Waals surface area contributed by atoms with Crippen molar-refractivity contribution in [2.45, 2.75) is 6.54 Å². The Kier molecular flexibility index (Phi) is 3.44. The Morgan fingerprint density at radius 2 is 2.17 bits per heavy atom. The van der Waals surface area contributed by atoms with Crippen LogP contribution >= 0.6 is 0 Å². The van der Waals surface area contributed by atoms with Gasteiger partial charge in [0.2, 0.25) is 0 Å². The first kappa shape index (κ1) is 11.9. The predicted molar refractivity (Wildman–Crippen MR) is 71.9 cm³/mol. The molecule has 0 aliphatic carbocycles. The van der Waals surface area contributed by atoms with Gasteiger partial charge in [0.15, 0.2) is 0 Å². The molecule has 4 nitrogen and oxygen atoms in total. The number of anilines is 2. The van der Waals surface area contributed by atoms with E-state index in [9.17, 15) is 0 Å². The van der Waals surface area contributed by atoms with E-state index in [1.807, 2.05) is 30.1 Å². The molecule has 0 saturated carbocycles. The van der Waals surface area contributed by atoms with Gasteiger partial charge in [-0.25, -0.2) is 0 Å². The van der Waals surface area contributed by atoms with Crippen LogP contribution in [0.4, 0.5) is 11.4 Å². The van der Waals surface area contributed by atoms with Gasteiger partial charge in [0.25, 0.3) is 0 Å². The van der Waals surface area contributed by atoms with E-state index in [1.54, 1.807) is 24.4 Å². The van der Waals surface area contributed by atoms with Crippen molar-refractivity contribution in [1.82, 2.24) is 4.98 Å². The van der Waals surface area contributed by atoms with Gasteiger partial charge >= 0.3 is 0 Å². The number of nitrogens with zero attached hydrogens (tertiary/aromatic N) is 3. The smallest absolute Gasteiger partial charge is 0.0992 e. The Bertz CT molecular complexity index is 572. The SMILES string of the molecule is CN(Cc1ccccn1)c1cc(C#N)ccc1N. The van der Waals surface area contributed by atoms with E-state index in [2.05, 4.69) is 11.1 Å². The van der Waals surface area contributed by atoms with Crippen LogP contribution in [-0.4, -0.2) is 12.0 Å². The predicted octanol–water partition coefficient (Wildman–Crippen LogP) is 2.17. The van der Waals surface area contributed by atoms with Crippen LogP contribution in [0.15, 0.2) is 42.6 Å². The lowest BCUT2D eigenvalue weighted by atomic mass is 10.1. The van der Waals surface area contributed by atoms with Crippen LogP contribution in [0.2, 0.25) is 0 Å². The van der Waals surface area contributed by atoms with Gasteiger partial charge in [-0.1, -0.05) is 6.07 Å². The molecular weight excluding hydrogens is 224 g/mol. The van der Waals surface area contributed by atoms with Crippen LogP contribution in [0.25, 0.3) is 0 Å². The minimum absolute atomic E-state index is 0.604. The third kappa shape index (κ3) is 2.58. The Labute approximate surface area is 106 Å². The lowest BCUT2D eigenvalue weighted by molar-refractivity contribution is 0.886. The highest BCUT2D eigenvalue weighted by molar-refractivity contribution is 5.69. The maximum Gasteiger partial charge on any atom is 0.0992 e. The van der Waals surface area contributed by atoms with E-state index in [0.717, 1.165) is 11.4 Å². The number of pyridine rings is 1. The van der Waals surface area contributed by atoms with Gasteiger partial charge in [-0.2, -0.15) is 5.26 Å². The summed E-state index contributed by atoms with van der Waals surface area (Å²) >= 11 is 0. The molecule has 1 aromatic carbocycles. The quantitative estimate of drug-likeness (QED) is 0.832. The fourth-order valence-electron chi connectivity index (χ4n) is 1.76. The van der Waals surface area contributed by atoms with E-state index in [4.69, 9.17) is 11.0 Å². The fourth-order valence-corrected chi connectivity index (χ4v) is 1.76. The summed E-state index contributed by atoms with van der Waals surface area (Å²) in [5, 5.41) is 8.90. The molecule has 90 valence electrons. The molecule has 2 aromatic rings. The summed E-state index contributed by atoms with van der Waals surface area (Å²) in [7, 11) is 1.93. The lowest BCUT2D eigenvalue weighted by Crippen LogP contribution is -2.18. The van der Waals surface area contributed by atoms with Crippen molar-refractivity contribution in [3.05, 3.63) is 53.9 Å². The van der Waals surface area contributed by atoms with Crippen molar-refractivity contribution in [2.24, 2.45) is 0 Å². The van der Waals surface area contributed by atoms with Crippen molar-refractivity contribution >= 4 is 11.4 Å². The van der Waals surface area contributed by atoms with Gasteiger partial charge in [0, 0.05) is 13.2 Å². The van der Waals surface area contributed by atoms with Gasteiger partial charge in [0.1, 0.15) is 0 Å². The maximum atomic E-state index is 8.90. The van der Waals surface area contributed by atoms with Gasteiger partial charge in [-0.15, -0.1) is 0 Å². The standard InChI is InChI=1S/C14H14N4/c1-18(10-12-4-2-3-7-17-12)14-8-11(9-15)5-6-13(14)16/h2-8H,10,16H2,1H3. The molecular formula is C14H14N4. The summed E-state index contributed by atoms with van der Waals surface area (Å²) in [6.45, 7) is 0.653. The molecule has 0 amide bonds. The molecule has 18 heavy (non-hydrogen) atoms. The van der Waals surface area contributed by atoms with E-state index >= 15 is 0 Å². The number of rotatable bonds is 3. The number of aromatic nitrogens is 1. The number of hydrogen-bond donors (Lipinski definition) is 1. The maximum absolute atomic E-state index is 8.90. The molecule has 0 aliphatic rings. The summed E-state index contributed by atoms with van der Waals surface area (Å²) in [4.78, 5) is 6.25. The van der Waals surface area contributed by atoms with Crippen LogP contribution in [0.5, 0.6) is 0 Å². The molecule has 0 aliphatic heterocycles. The van der Waals surface area contributed by atoms with Crippen LogP contribution in [0.3, 0.4) is 0 Å². The highest BCUT2D eigenvalue weighted by Crippen LogP contribution is 2.24. The Hall–Kier alpha value is -2.54. The van der Waals surface area contributed by atoms with Crippen LogP contribution in [0, 0.1) is 11.3 Å². The van der Waals surface area contributed by atoms with Gasteiger partial charge in [-0.3, -0.25) is 4.98 Å². The van der Waals surface area contributed by atoms with Crippen LogP contribution in [-0.2, 0) is 6.54 Å². The first-order valence-electron chi connectivity index (χ1n) is 5.61. The number of nitriles is 1. The van der Waals surface area contributed by atoms with Crippen molar-refractivity contribution < 1.29 is 0 Å². The second-order valence-corrected chi connectivity index (χ2v) is 4.06. The Balaban J connectivity index is 2.24. The molecule has 2 rings (SSSR count). The molecule has 1 heterocycles. The number of benzene rings is 1. The third-order valence-electron chi connectivity index (χ3n) is 2.70. The Morgan fingerprint density at radius 3 is 2.83 bits per heavy atom. The zero-order valence-electron chi connectivity index (χ0n) is 10.2. The number of hydrogen-bond acceptors (Lipinski definition) is 4. The van der Waals surface area contributed by atoms with Crippen molar-refractivity contribution in [2.75, 3.05) is 17.7 Å². The molecule has 0 saturated heterocycles. The second-order valence-electron chi connectivity index (χ2n) is 4.06. The van der Waals surface area contributed by atoms with Crippen molar-refractivity contribution in [1.29, 1.82) is 5.26 Å². The average Bonchev–Trinajstić information content (AvgIpc) is 2.40. The van der Waals surface area contributed by atoms with E-state index in [0.29, 0.717) is 17.8 Å². The average molecular weight is 238 g/mol. The van der Waals surface area contributed by atoms with Gasteiger partial charge in [-0.05, 0) is 30.3 Å². The highest BCUT2D eigenvalue weighted by Gasteiger charge is 2.07. The molecule has 2 N–H and O–H groups in total. The van der Waals surface area contributed by atoms with Crippen molar-refractivity contribution in [3.63, 3.8) is 0 Å². The molecule has 0 radical (unpaired) electrons. The van der Waals surface area contributed by atoms with E-state index in [-0.39, 0.29) is 0 Å². The summed E-state index contributed by atoms with van der Waals surface area (Å²) < 4.78 is 0. The van der Waals surface area contributed by atoms with Crippen molar-refractivity contribution in [3.8, 4) is 6.07 Å². The molecule has 4 heteroatoms. The fraction of sp³-hybridized carbons (Fsp3) is 0.143. The van der Waals surface area contributed by atoms with Crippen LogP contribution < -0.4 is 10.6 Å². The van der Waals surface area contributed by atoms with Crippen LogP contribution in [0.1, 0.15) is 11.3 Å². The first-order chi connectivity index (χ1) is 8.70. The molecule has 0 atom stereocenters. The molecule has 0 spiro atoms. The summed E-state index contributed by atoms with van der Waals surface area (Å²) in [6.07, 6.45) is 1.76. The first-order valence-corrected chi connectivity index (χ1v) is 5.61. The molecule has 0 bridgehead atoms. The lowest BCUT2D eigenvalue weighted by Gasteiger charge is -2.20. The topological polar surface area (TPSA) is 65.9 Å². The largest absolute Gasteiger partial charge is 0.397 e. The van der Waals surface area contributed by atoms with Gasteiger partial charge in [0.05, 0.1) is 35.2 Å². The zero-order valence-corrected chi connectivity index (χ0v) is 10.2. The summed E-state index contributed by atoms with van der Waals surface area (Å²) in [5.41, 5.74) is 9.00. The van der Waals surface area contributed by atoms with E-state index < -0.39 is 0 Å². The minimum atomic E-state index is 0.604. The minimum Gasteiger partial charge on any atom is -0.397 e. The number of nitrogen functional groups attached to an aromatic ring is 1. The highest BCUT2D eigenvalue weighted by atomic mass is 15.1. The summed E-state index contributed by atoms with van der Waals surface area (Å²) in [5.74, 6) is 0. The van der Waals surface area contributed by atoms with Gasteiger partial charge < -0.3 is 10.6 Å². The number of nitrogens with two attached hydrogens (primary N) is 1. The normalized spacial score (nSPS) is 9.78. The Morgan fingerprint density at radius 1 is 1.33 bits per heavy atom. The molecule has 1 aromatic heterocycles. The second kappa shape index (κ2) is 5.19. The third-order valence-corrected chi connectivity index (χ3v) is 2.70. The monoisotopic (exact) mass is 238 g/mol. The summed E-state index contributed by atoms with van der Waals surface area (Å²) in [6, 6.07) is 13.2. The molecule has 0 unspecified atom stereocenters.